The number of halogens is 1. The predicted octanol–water partition coefficient (Wildman–Crippen LogP) is 2.35. The van der Waals surface area contributed by atoms with Gasteiger partial charge in [0, 0.05) is 26.0 Å². The fourth-order valence-electron chi connectivity index (χ4n) is 2.92. The molecule has 0 bridgehead atoms. The van der Waals surface area contributed by atoms with Crippen LogP contribution in [0.3, 0.4) is 0 Å². The Hall–Kier alpha value is -0.580. The molecule has 108 valence electrons. The van der Waals surface area contributed by atoms with Crippen molar-refractivity contribution < 1.29 is 9.84 Å². The first-order valence-corrected chi connectivity index (χ1v) is 7.46. The molecule has 1 aromatic heterocycles. The Bertz CT molecular complexity index is 433. The number of hydrogen-bond acceptors (Lipinski definition) is 3. The molecule has 1 fully saturated rings. The van der Waals surface area contributed by atoms with Gasteiger partial charge in [0.15, 0.2) is 0 Å². The molecule has 0 aromatic carbocycles. The molecule has 1 N–H and O–H groups in total. The third kappa shape index (κ3) is 2.96. The molecule has 1 aliphatic rings. The highest BCUT2D eigenvalue weighted by Crippen LogP contribution is 2.30. The minimum Gasteiger partial charge on any atom is -0.392 e. The van der Waals surface area contributed by atoms with Crippen molar-refractivity contribution in [1.82, 2.24) is 9.78 Å². The summed E-state index contributed by atoms with van der Waals surface area (Å²) in [6, 6.07) is 0. The number of aliphatic hydroxyl groups is 1. The van der Waals surface area contributed by atoms with Crippen LogP contribution >= 0.6 is 11.6 Å². The van der Waals surface area contributed by atoms with E-state index in [2.05, 4.69) is 12.0 Å². The number of ether oxygens (including phenoxy) is 1. The molecule has 0 aliphatic carbocycles. The Morgan fingerprint density at radius 3 is 2.84 bits per heavy atom. The fraction of sp³-hybridized carbons (Fsp3) is 0.786. The Kier molecular flexibility index (Phi) is 4.87. The molecule has 1 aliphatic heterocycles. The second-order valence-corrected chi connectivity index (χ2v) is 5.60. The number of aliphatic hydroxyl groups excluding tert-OH is 1. The topological polar surface area (TPSA) is 47.3 Å². The lowest BCUT2D eigenvalue weighted by Crippen LogP contribution is -2.30. The minimum atomic E-state index is -0.412. The monoisotopic (exact) mass is 286 g/mol. The second-order valence-electron chi connectivity index (χ2n) is 5.23. The number of hydrogen-bond donors (Lipinski definition) is 1. The molecule has 4 nitrogen and oxygen atoms in total. The maximum absolute atomic E-state index is 10.5. The summed E-state index contributed by atoms with van der Waals surface area (Å²) in [5.74, 6) is 0.209. The number of rotatable bonds is 5. The molecule has 1 aromatic rings. The quantitative estimate of drug-likeness (QED) is 0.904. The first kappa shape index (κ1) is 14.8. The summed E-state index contributed by atoms with van der Waals surface area (Å²) in [6.45, 7) is 4.88. The van der Waals surface area contributed by atoms with Gasteiger partial charge in [-0.2, -0.15) is 5.10 Å². The second kappa shape index (κ2) is 6.25. The molecule has 0 amide bonds. The van der Waals surface area contributed by atoms with E-state index in [-0.39, 0.29) is 12.0 Å². The lowest BCUT2D eigenvalue weighted by atomic mass is 9.90. The Morgan fingerprint density at radius 1 is 1.53 bits per heavy atom. The van der Waals surface area contributed by atoms with Crippen molar-refractivity contribution in [2.45, 2.75) is 51.7 Å². The molecule has 2 heterocycles. The van der Waals surface area contributed by atoms with Gasteiger partial charge < -0.3 is 9.84 Å². The maximum Gasteiger partial charge on any atom is 0.0850 e. The van der Waals surface area contributed by atoms with E-state index in [9.17, 15) is 5.11 Å². The predicted molar refractivity (Wildman–Crippen MR) is 75.4 cm³/mol. The van der Waals surface area contributed by atoms with Crippen molar-refractivity contribution in [3.8, 4) is 0 Å². The number of aryl methyl sites for hydroxylation is 2. The van der Waals surface area contributed by atoms with Gasteiger partial charge in [0.05, 0.1) is 28.6 Å². The van der Waals surface area contributed by atoms with Gasteiger partial charge in [-0.1, -0.05) is 25.4 Å². The third-order valence-electron chi connectivity index (χ3n) is 4.06. The van der Waals surface area contributed by atoms with Crippen LogP contribution in [0.5, 0.6) is 0 Å². The summed E-state index contributed by atoms with van der Waals surface area (Å²) in [5.41, 5.74) is 1.83. The number of aromatic nitrogens is 2. The summed E-state index contributed by atoms with van der Waals surface area (Å²) < 4.78 is 7.44. The van der Waals surface area contributed by atoms with Crippen molar-refractivity contribution in [3.63, 3.8) is 0 Å². The standard InChI is InChI=1S/C14H23ClN2O2/c1-4-10-14(15)11(17(3)16-10)8-12(18)9-6-7-19-13(9)5-2/h9,12-13,18H,4-8H2,1-3H3. The molecule has 3 unspecified atom stereocenters. The summed E-state index contributed by atoms with van der Waals surface area (Å²) in [5, 5.41) is 15.5. The van der Waals surface area contributed by atoms with E-state index in [4.69, 9.17) is 16.3 Å². The van der Waals surface area contributed by atoms with Crippen LogP contribution < -0.4 is 0 Å². The summed E-state index contributed by atoms with van der Waals surface area (Å²) in [4.78, 5) is 0. The molecule has 0 radical (unpaired) electrons. The van der Waals surface area contributed by atoms with Gasteiger partial charge in [-0.05, 0) is 19.3 Å². The van der Waals surface area contributed by atoms with Crippen LogP contribution in [0.2, 0.25) is 5.02 Å². The van der Waals surface area contributed by atoms with Crippen molar-refractivity contribution in [3.05, 3.63) is 16.4 Å². The smallest absolute Gasteiger partial charge is 0.0850 e. The lowest BCUT2D eigenvalue weighted by Gasteiger charge is -2.22. The van der Waals surface area contributed by atoms with Crippen LogP contribution in [0.1, 0.15) is 38.1 Å². The van der Waals surface area contributed by atoms with Crippen molar-refractivity contribution in [2.75, 3.05) is 6.61 Å². The average Bonchev–Trinajstić information content (AvgIpc) is 2.97. The summed E-state index contributed by atoms with van der Waals surface area (Å²) in [7, 11) is 1.88. The zero-order chi connectivity index (χ0) is 14.0. The minimum absolute atomic E-state index is 0.174. The maximum atomic E-state index is 10.5. The zero-order valence-electron chi connectivity index (χ0n) is 11.9. The first-order valence-electron chi connectivity index (χ1n) is 7.08. The van der Waals surface area contributed by atoms with Gasteiger partial charge in [0.25, 0.3) is 0 Å². The van der Waals surface area contributed by atoms with E-state index in [1.807, 2.05) is 14.0 Å². The van der Waals surface area contributed by atoms with E-state index in [0.717, 1.165) is 37.3 Å². The van der Waals surface area contributed by atoms with Crippen molar-refractivity contribution in [2.24, 2.45) is 13.0 Å². The molecule has 1 saturated heterocycles. The molecule has 0 saturated carbocycles. The summed E-state index contributed by atoms with van der Waals surface area (Å²) in [6.07, 6.45) is 2.99. The SMILES string of the molecule is CCc1nn(C)c(CC(O)C2CCOC2CC)c1Cl. The van der Waals surface area contributed by atoms with Gasteiger partial charge in [-0.15, -0.1) is 0 Å². The molecule has 5 heteroatoms. The van der Waals surface area contributed by atoms with E-state index in [1.54, 1.807) is 4.68 Å². The Morgan fingerprint density at radius 2 is 2.26 bits per heavy atom. The Balaban J connectivity index is 2.10. The van der Waals surface area contributed by atoms with Gasteiger partial charge >= 0.3 is 0 Å². The van der Waals surface area contributed by atoms with Crippen LogP contribution in [-0.4, -0.2) is 33.7 Å². The average molecular weight is 287 g/mol. The van der Waals surface area contributed by atoms with E-state index < -0.39 is 6.10 Å². The molecular formula is C14H23ClN2O2. The van der Waals surface area contributed by atoms with E-state index >= 15 is 0 Å². The highest BCUT2D eigenvalue weighted by Gasteiger charge is 2.33. The largest absolute Gasteiger partial charge is 0.392 e. The fourth-order valence-corrected chi connectivity index (χ4v) is 3.29. The third-order valence-corrected chi connectivity index (χ3v) is 4.50. The molecular weight excluding hydrogens is 264 g/mol. The zero-order valence-corrected chi connectivity index (χ0v) is 12.7. The van der Waals surface area contributed by atoms with Crippen LogP contribution in [0.4, 0.5) is 0 Å². The molecule has 19 heavy (non-hydrogen) atoms. The Labute approximate surface area is 119 Å². The van der Waals surface area contributed by atoms with Gasteiger partial charge in [0.1, 0.15) is 0 Å². The van der Waals surface area contributed by atoms with Crippen LogP contribution in [0.15, 0.2) is 0 Å². The van der Waals surface area contributed by atoms with Gasteiger partial charge in [-0.25, -0.2) is 0 Å². The van der Waals surface area contributed by atoms with E-state index in [0.29, 0.717) is 11.4 Å². The van der Waals surface area contributed by atoms with Crippen molar-refractivity contribution in [1.29, 1.82) is 0 Å². The van der Waals surface area contributed by atoms with Crippen LogP contribution in [0, 0.1) is 5.92 Å². The lowest BCUT2D eigenvalue weighted by molar-refractivity contribution is 0.0310. The van der Waals surface area contributed by atoms with Gasteiger partial charge in [0.2, 0.25) is 0 Å². The molecule has 3 atom stereocenters. The molecule has 0 spiro atoms. The highest BCUT2D eigenvalue weighted by atomic mass is 35.5. The first-order chi connectivity index (χ1) is 9.08. The van der Waals surface area contributed by atoms with Crippen LogP contribution in [-0.2, 0) is 24.6 Å². The van der Waals surface area contributed by atoms with E-state index in [1.165, 1.54) is 0 Å². The summed E-state index contributed by atoms with van der Waals surface area (Å²) >= 11 is 6.33. The van der Waals surface area contributed by atoms with Crippen molar-refractivity contribution >= 4 is 11.6 Å². The highest BCUT2D eigenvalue weighted by molar-refractivity contribution is 6.31. The normalized spacial score (nSPS) is 24.9. The number of nitrogens with zero attached hydrogens (tertiary/aromatic N) is 2. The van der Waals surface area contributed by atoms with Gasteiger partial charge in [-0.3, -0.25) is 4.68 Å². The molecule has 2 rings (SSSR count). The van der Waals surface area contributed by atoms with Crippen LogP contribution in [0.25, 0.3) is 0 Å².